The maximum atomic E-state index is 12.8. The van der Waals surface area contributed by atoms with Crippen LogP contribution in [0.2, 0.25) is 4.82 Å². The van der Waals surface area contributed by atoms with E-state index in [1.807, 2.05) is 25.1 Å². The fraction of sp³-hybridized carbons (Fsp3) is 0.400. The van der Waals surface area contributed by atoms with Crippen molar-refractivity contribution in [1.29, 1.82) is 0 Å². The molecule has 0 nitrogen and oxygen atoms in total. The Bertz CT molecular complexity index is 221. The molecule has 0 aliphatic rings. The molecule has 0 spiro atoms. The van der Waals surface area contributed by atoms with Gasteiger partial charge in [0.2, 0.25) is 0 Å². The molecule has 0 aliphatic heterocycles. The summed E-state index contributed by atoms with van der Waals surface area (Å²) in [6, 6.07) is 10.1. The molecule has 0 aliphatic carbocycles. The third-order valence-corrected chi connectivity index (χ3v) is 4.42. The first-order valence-corrected chi connectivity index (χ1v) is 5.90. The van der Waals surface area contributed by atoms with E-state index in [9.17, 15) is 4.39 Å². The predicted octanol–water partition coefficient (Wildman–Crippen LogP) is 2.18. The van der Waals surface area contributed by atoms with Crippen LogP contribution in [0.15, 0.2) is 30.3 Å². The number of alkyl halides is 1. The fourth-order valence-corrected chi connectivity index (χ4v) is 2.76. The molecule has 0 aromatic heterocycles. The van der Waals surface area contributed by atoms with E-state index in [1.165, 1.54) is 4.46 Å². The van der Waals surface area contributed by atoms with Gasteiger partial charge in [-0.05, 0) is 0 Å². The Labute approximate surface area is 79.3 Å². The Kier molecular flexibility index (Phi) is 3.77. The third-order valence-electron chi connectivity index (χ3n) is 1.71. The van der Waals surface area contributed by atoms with Crippen molar-refractivity contribution in [3.05, 3.63) is 30.3 Å². The van der Waals surface area contributed by atoms with Gasteiger partial charge in [-0.25, -0.2) is 0 Å². The van der Waals surface area contributed by atoms with Gasteiger partial charge in [0.1, 0.15) is 0 Å². The van der Waals surface area contributed by atoms with Gasteiger partial charge < -0.3 is 0 Å². The van der Waals surface area contributed by atoms with Crippen molar-refractivity contribution in [1.82, 2.24) is 0 Å². The third kappa shape index (κ3) is 2.96. The predicted molar refractivity (Wildman–Crippen MR) is 51.8 cm³/mol. The second-order valence-electron chi connectivity index (χ2n) is 2.81. The maximum absolute atomic E-state index is 12.8. The number of rotatable bonds is 3. The first-order valence-electron chi connectivity index (χ1n) is 4.06. The van der Waals surface area contributed by atoms with Crippen LogP contribution < -0.4 is 4.46 Å². The van der Waals surface area contributed by atoms with Crippen LogP contribution in [0.3, 0.4) is 0 Å². The van der Waals surface area contributed by atoms with E-state index in [1.54, 1.807) is 6.92 Å². The average molecular weight is 231 g/mol. The molecule has 0 saturated carbocycles. The van der Waals surface area contributed by atoms with Crippen molar-refractivity contribution in [3.63, 3.8) is 0 Å². The minimum atomic E-state index is -0.690. The van der Waals surface area contributed by atoms with E-state index >= 15 is 0 Å². The van der Waals surface area contributed by atoms with Gasteiger partial charge in [0.05, 0.1) is 0 Å². The molecule has 0 heterocycles. The average Bonchev–Trinajstić information content (AvgIpc) is 2.06. The van der Waals surface area contributed by atoms with Crippen LogP contribution in [0.25, 0.3) is 0 Å². The molecule has 0 radical (unpaired) electrons. The van der Waals surface area contributed by atoms with E-state index in [-0.39, 0.29) is 19.8 Å². The summed E-state index contributed by atoms with van der Waals surface area (Å²) >= 11 is 0.273. The molecular formula is C10H13FSe. The van der Waals surface area contributed by atoms with Crippen molar-refractivity contribution >= 4 is 19.4 Å². The topological polar surface area (TPSA) is 0 Å². The fourth-order valence-electron chi connectivity index (χ4n) is 0.807. The van der Waals surface area contributed by atoms with Crippen LogP contribution in [0, 0.1) is 0 Å². The van der Waals surface area contributed by atoms with Gasteiger partial charge in [0.15, 0.2) is 0 Å². The second-order valence-corrected chi connectivity index (χ2v) is 5.86. The van der Waals surface area contributed by atoms with Crippen molar-refractivity contribution in [2.45, 2.75) is 24.8 Å². The molecule has 1 rings (SSSR count). The molecule has 0 bridgehead atoms. The first-order chi connectivity index (χ1) is 5.70. The Morgan fingerprint density at radius 3 is 2.25 bits per heavy atom. The van der Waals surface area contributed by atoms with Crippen molar-refractivity contribution in [3.8, 4) is 0 Å². The number of hydrogen-bond acceptors (Lipinski definition) is 0. The first kappa shape index (κ1) is 9.76. The molecule has 1 aromatic carbocycles. The van der Waals surface area contributed by atoms with Crippen LogP contribution in [0.4, 0.5) is 4.39 Å². The van der Waals surface area contributed by atoms with Crippen LogP contribution in [-0.4, -0.2) is 21.1 Å². The quantitative estimate of drug-likeness (QED) is 0.699. The van der Waals surface area contributed by atoms with Crippen LogP contribution >= 0.6 is 0 Å². The monoisotopic (exact) mass is 232 g/mol. The zero-order valence-corrected chi connectivity index (χ0v) is 9.04. The summed E-state index contributed by atoms with van der Waals surface area (Å²) in [5.41, 5.74) is 0. The van der Waals surface area contributed by atoms with Crippen molar-refractivity contribution in [2.75, 3.05) is 0 Å². The zero-order valence-electron chi connectivity index (χ0n) is 7.33. The normalized spacial score (nSPS) is 15.6. The Balaban J connectivity index is 2.53. The van der Waals surface area contributed by atoms with Gasteiger partial charge in [-0.1, -0.05) is 0 Å². The molecule has 0 amide bonds. The SMILES string of the molecule is C[C@H]([Se]c1ccccc1)[C@@H](C)F. The van der Waals surface area contributed by atoms with E-state index in [2.05, 4.69) is 12.1 Å². The number of halogens is 1. The molecule has 66 valence electrons. The molecular weight excluding hydrogens is 218 g/mol. The van der Waals surface area contributed by atoms with Gasteiger partial charge in [-0.3, -0.25) is 0 Å². The molecule has 0 unspecified atom stereocenters. The van der Waals surface area contributed by atoms with Gasteiger partial charge in [0, 0.05) is 0 Å². The van der Waals surface area contributed by atoms with Gasteiger partial charge in [-0.2, -0.15) is 0 Å². The van der Waals surface area contributed by atoms with Crippen LogP contribution in [0.1, 0.15) is 13.8 Å². The van der Waals surface area contributed by atoms with E-state index < -0.39 is 6.17 Å². The summed E-state index contributed by atoms with van der Waals surface area (Å²) in [4.78, 5) is 0.180. The summed E-state index contributed by atoms with van der Waals surface area (Å²) in [6.07, 6.45) is -0.690. The van der Waals surface area contributed by atoms with Crippen molar-refractivity contribution in [2.24, 2.45) is 0 Å². The number of benzene rings is 1. The van der Waals surface area contributed by atoms with Crippen molar-refractivity contribution < 1.29 is 4.39 Å². The molecule has 0 saturated heterocycles. The zero-order chi connectivity index (χ0) is 8.97. The Hall–Kier alpha value is -0.331. The number of hydrogen-bond donors (Lipinski definition) is 0. The molecule has 12 heavy (non-hydrogen) atoms. The molecule has 0 N–H and O–H groups in total. The summed E-state index contributed by atoms with van der Waals surface area (Å²) in [6.45, 7) is 3.60. The summed E-state index contributed by atoms with van der Waals surface area (Å²) in [5.74, 6) is 0. The van der Waals surface area contributed by atoms with E-state index in [4.69, 9.17) is 0 Å². The molecule has 0 fully saturated rings. The van der Waals surface area contributed by atoms with Gasteiger partial charge in [-0.15, -0.1) is 0 Å². The Morgan fingerprint density at radius 2 is 1.75 bits per heavy atom. The summed E-state index contributed by atoms with van der Waals surface area (Å²) < 4.78 is 14.1. The van der Waals surface area contributed by atoms with Gasteiger partial charge in [0.25, 0.3) is 0 Å². The summed E-state index contributed by atoms with van der Waals surface area (Å²) in [5, 5.41) is 0. The van der Waals surface area contributed by atoms with Crippen LogP contribution in [0.5, 0.6) is 0 Å². The van der Waals surface area contributed by atoms with Crippen LogP contribution in [-0.2, 0) is 0 Å². The molecule has 2 heteroatoms. The standard InChI is InChI=1S/C10H13FSe/c1-8(11)9(2)12-10-6-4-3-5-7-10/h3-9H,1-2H3/t8-,9+/m1/s1. The molecule has 1 aromatic rings. The van der Waals surface area contributed by atoms with E-state index in [0.29, 0.717) is 0 Å². The van der Waals surface area contributed by atoms with Gasteiger partial charge >= 0.3 is 79.0 Å². The van der Waals surface area contributed by atoms with E-state index in [0.717, 1.165) is 0 Å². The minimum absolute atomic E-state index is 0.180. The second kappa shape index (κ2) is 4.64. The summed E-state index contributed by atoms with van der Waals surface area (Å²) in [7, 11) is 0. The Morgan fingerprint density at radius 1 is 1.17 bits per heavy atom. The molecule has 2 atom stereocenters.